The molecule has 0 aliphatic carbocycles. The molecule has 0 bridgehead atoms. The van der Waals surface area contributed by atoms with Crippen molar-refractivity contribution in [3.05, 3.63) is 46.5 Å². The van der Waals surface area contributed by atoms with Gasteiger partial charge < -0.3 is 30.5 Å². The second-order valence-electron chi connectivity index (χ2n) is 7.40. The Bertz CT molecular complexity index is 1260. The summed E-state index contributed by atoms with van der Waals surface area (Å²) in [4.78, 5) is 42.1. The van der Waals surface area contributed by atoms with Crippen molar-refractivity contribution in [1.29, 1.82) is 0 Å². The van der Waals surface area contributed by atoms with Crippen molar-refractivity contribution in [2.75, 3.05) is 12.0 Å². The van der Waals surface area contributed by atoms with Gasteiger partial charge in [0.1, 0.15) is 24.4 Å². The minimum atomic E-state index is -4.99. The van der Waals surface area contributed by atoms with E-state index in [9.17, 15) is 29.4 Å². The van der Waals surface area contributed by atoms with E-state index in [2.05, 4.69) is 15.0 Å². The molecule has 33 heavy (non-hydrogen) atoms. The number of H-pyrrole nitrogens is 1. The van der Waals surface area contributed by atoms with Gasteiger partial charge in [-0.1, -0.05) is 18.2 Å². The second kappa shape index (κ2) is 9.16. The number of aromatic amines is 1. The van der Waals surface area contributed by atoms with Crippen LogP contribution in [0.4, 0.5) is 5.95 Å². The Kier molecular flexibility index (Phi) is 6.62. The number of phosphoric ester groups is 1. The van der Waals surface area contributed by atoms with Gasteiger partial charge in [-0.2, -0.15) is 4.98 Å². The fourth-order valence-electron chi connectivity index (χ4n) is 3.83. The highest BCUT2D eigenvalue weighted by molar-refractivity contribution is 7.98. The first-order chi connectivity index (χ1) is 15.6. The molecule has 7 N–H and O–H groups in total. The van der Waals surface area contributed by atoms with E-state index in [0.29, 0.717) is 5.56 Å². The van der Waals surface area contributed by atoms with Gasteiger partial charge in [0, 0.05) is 11.3 Å². The summed E-state index contributed by atoms with van der Waals surface area (Å²) >= 11 is 1.43. The smallest absolute Gasteiger partial charge is 0.387 e. The highest BCUT2D eigenvalue weighted by Crippen LogP contribution is 2.43. The van der Waals surface area contributed by atoms with E-state index in [1.165, 1.54) is 22.7 Å². The van der Waals surface area contributed by atoms with Gasteiger partial charge in [0.15, 0.2) is 17.4 Å². The molecule has 0 amide bonds. The van der Waals surface area contributed by atoms with Crippen molar-refractivity contribution in [3.8, 4) is 0 Å². The van der Waals surface area contributed by atoms with E-state index in [-0.39, 0.29) is 23.5 Å². The molecular weight excluding hydrogens is 477 g/mol. The Morgan fingerprint density at radius 1 is 1.33 bits per heavy atom. The average Bonchev–Trinajstić information content (AvgIpc) is 3.28. The molecule has 178 valence electrons. The van der Waals surface area contributed by atoms with Gasteiger partial charge in [-0.3, -0.25) is 18.9 Å². The number of nitrogen functional groups attached to an aromatic ring is 1. The first-order valence-electron chi connectivity index (χ1n) is 9.69. The topological polar surface area (TPSA) is 206 Å². The van der Waals surface area contributed by atoms with E-state index >= 15 is 0 Å². The summed E-state index contributed by atoms with van der Waals surface area (Å²) in [5, 5.41) is 21.4. The number of aliphatic hydroxyl groups is 2. The summed E-state index contributed by atoms with van der Waals surface area (Å²) < 4.78 is 23.7. The molecule has 3 heterocycles. The molecule has 15 heteroatoms. The van der Waals surface area contributed by atoms with Crippen LogP contribution in [0.25, 0.3) is 11.2 Å². The number of nitrogens with two attached hydrogens (primary N) is 1. The van der Waals surface area contributed by atoms with Crippen molar-refractivity contribution < 1.29 is 33.8 Å². The summed E-state index contributed by atoms with van der Waals surface area (Å²) in [5.74, 6) is -0.185. The molecule has 0 radical (unpaired) electrons. The Labute approximate surface area is 190 Å². The van der Waals surface area contributed by atoms with Crippen LogP contribution in [0.5, 0.6) is 0 Å². The highest BCUT2D eigenvalue weighted by atomic mass is 32.2. The molecule has 5 atom stereocenters. The Hall–Kier alpha value is -2.29. The molecule has 1 aliphatic rings. The SMILES string of the molecule is CSc1ccccc1CC(OP(=O)(O)O)[C@H]1O[C@@H](n2cnc3c(=O)[nH]c(N)nc32)[C@H](O)[C@@H]1O. The second-order valence-corrected chi connectivity index (χ2v) is 9.44. The van der Waals surface area contributed by atoms with Gasteiger partial charge in [-0.15, -0.1) is 11.8 Å². The number of phosphoric acid groups is 1. The first kappa shape index (κ1) is 23.9. The van der Waals surface area contributed by atoms with Crippen LogP contribution in [0.2, 0.25) is 0 Å². The summed E-state index contributed by atoms with van der Waals surface area (Å²) in [6.07, 6.45) is -4.02. The monoisotopic (exact) mass is 499 g/mol. The van der Waals surface area contributed by atoms with Crippen molar-refractivity contribution in [2.45, 2.75) is 42.0 Å². The fraction of sp³-hybridized carbons (Fsp3) is 0.389. The number of ether oxygens (including phenoxy) is 1. The molecule has 0 spiro atoms. The standard InChI is InChI=1S/C18H22N5O8PS/c1-33-10-5-3-2-4-8(10)6-9(31-32(27,28)29)14-12(24)13(25)17(30-14)23-7-20-11-15(23)21-18(19)22-16(11)26/h2-5,7,9,12-14,17,24-25H,6H2,1H3,(H2,27,28,29)(H3,19,21,22,26)/t9?,12-,13+,14+,17+/m0/s1. The Morgan fingerprint density at radius 2 is 2.06 bits per heavy atom. The lowest BCUT2D eigenvalue weighted by atomic mass is 9.99. The average molecular weight is 499 g/mol. The molecular formula is C18H22N5O8PS. The molecule has 4 rings (SSSR count). The predicted molar refractivity (Wildman–Crippen MR) is 117 cm³/mol. The van der Waals surface area contributed by atoms with Crippen molar-refractivity contribution in [2.24, 2.45) is 0 Å². The number of nitrogens with one attached hydrogen (secondary N) is 1. The zero-order valence-corrected chi connectivity index (χ0v) is 18.9. The molecule has 1 aliphatic heterocycles. The van der Waals surface area contributed by atoms with E-state index in [4.69, 9.17) is 15.0 Å². The number of rotatable bonds is 7. The Balaban J connectivity index is 1.69. The number of anilines is 1. The highest BCUT2D eigenvalue weighted by Gasteiger charge is 2.49. The maximum absolute atomic E-state index is 12.1. The van der Waals surface area contributed by atoms with E-state index in [1.807, 2.05) is 18.4 Å². The first-order valence-corrected chi connectivity index (χ1v) is 12.4. The summed E-state index contributed by atoms with van der Waals surface area (Å²) in [6.45, 7) is 0. The third-order valence-electron chi connectivity index (χ3n) is 5.25. The van der Waals surface area contributed by atoms with Crippen LogP contribution in [0, 0.1) is 0 Å². The number of thioether (sulfide) groups is 1. The third kappa shape index (κ3) is 4.83. The maximum Gasteiger partial charge on any atom is 0.469 e. The molecule has 1 aromatic carbocycles. The van der Waals surface area contributed by atoms with Gasteiger partial charge in [-0.25, -0.2) is 9.55 Å². The lowest BCUT2D eigenvalue weighted by molar-refractivity contribution is -0.0807. The van der Waals surface area contributed by atoms with Crippen LogP contribution in [0.1, 0.15) is 11.8 Å². The number of hydrogen-bond acceptors (Lipinski definition) is 10. The normalized spacial score (nSPS) is 24.4. The minimum absolute atomic E-state index is 0.00772. The van der Waals surface area contributed by atoms with E-state index in [0.717, 1.165) is 4.90 Å². The molecule has 2 aromatic heterocycles. The van der Waals surface area contributed by atoms with Crippen LogP contribution in [0.15, 0.2) is 40.3 Å². The number of imidazole rings is 1. The quantitative estimate of drug-likeness (QED) is 0.184. The van der Waals surface area contributed by atoms with Crippen LogP contribution in [-0.2, 0) is 20.2 Å². The van der Waals surface area contributed by atoms with Crippen molar-refractivity contribution >= 4 is 36.7 Å². The summed E-state index contributed by atoms with van der Waals surface area (Å²) in [6, 6.07) is 7.18. The van der Waals surface area contributed by atoms with Gasteiger partial charge >= 0.3 is 7.82 Å². The molecule has 3 aromatic rings. The van der Waals surface area contributed by atoms with Crippen molar-refractivity contribution in [1.82, 2.24) is 19.5 Å². The number of benzene rings is 1. The molecule has 0 saturated carbocycles. The van der Waals surface area contributed by atoms with Gasteiger partial charge in [0.2, 0.25) is 5.95 Å². The number of aliphatic hydroxyl groups excluding tert-OH is 2. The third-order valence-corrected chi connectivity index (χ3v) is 6.64. The molecule has 1 unspecified atom stereocenters. The van der Waals surface area contributed by atoms with Crippen LogP contribution in [0.3, 0.4) is 0 Å². The number of fused-ring (bicyclic) bond motifs is 1. The predicted octanol–water partition coefficient (Wildman–Crippen LogP) is -0.237. The maximum atomic E-state index is 12.1. The van der Waals surface area contributed by atoms with E-state index in [1.54, 1.807) is 12.1 Å². The van der Waals surface area contributed by atoms with Crippen LogP contribution < -0.4 is 11.3 Å². The fourth-order valence-corrected chi connectivity index (χ4v) is 5.01. The number of hydrogen-bond donors (Lipinski definition) is 6. The molecule has 1 saturated heterocycles. The molecule has 13 nitrogen and oxygen atoms in total. The van der Waals surface area contributed by atoms with Gasteiger partial charge in [0.25, 0.3) is 5.56 Å². The van der Waals surface area contributed by atoms with Gasteiger partial charge in [0.05, 0.1) is 6.33 Å². The minimum Gasteiger partial charge on any atom is -0.387 e. The van der Waals surface area contributed by atoms with E-state index < -0.39 is 44.0 Å². The summed E-state index contributed by atoms with van der Waals surface area (Å²) in [5.41, 5.74) is 5.66. The zero-order chi connectivity index (χ0) is 23.9. The largest absolute Gasteiger partial charge is 0.469 e. The van der Waals surface area contributed by atoms with Crippen molar-refractivity contribution in [3.63, 3.8) is 0 Å². The van der Waals surface area contributed by atoms with Gasteiger partial charge in [-0.05, 0) is 17.9 Å². The molecule has 1 fully saturated rings. The lowest BCUT2D eigenvalue weighted by Crippen LogP contribution is -2.41. The zero-order valence-electron chi connectivity index (χ0n) is 17.2. The summed E-state index contributed by atoms with van der Waals surface area (Å²) in [7, 11) is -4.99. The van der Waals surface area contributed by atoms with Crippen LogP contribution in [-0.4, -0.2) is 70.2 Å². The Morgan fingerprint density at radius 3 is 2.76 bits per heavy atom. The van der Waals surface area contributed by atoms with Crippen LogP contribution >= 0.6 is 19.6 Å². The lowest BCUT2D eigenvalue weighted by Gasteiger charge is -2.26. The number of aromatic nitrogens is 4. The number of nitrogens with zero attached hydrogens (tertiary/aromatic N) is 3.